The molecule has 0 N–H and O–H groups in total. The van der Waals surface area contributed by atoms with Gasteiger partial charge in [0.2, 0.25) is 5.95 Å². The van der Waals surface area contributed by atoms with Gasteiger partial charge in [-0.1, -0.05) is 36.4 Å². The second-order valence-corrected chi connectivity index (χ2v) is 7.06. The first kappa shape index (κ1) is 19.8. The van der Waals surface area contributed by atoms with Crippen LogP contribution in [0.4, 0.5) is 11.6 Å². The molecule has 0 atom stereocenters. The zero-order chi connectivity index (χ0) is 21.3. The Balaban J connectivity index is 1.85. The molecule has 3 heterocycles. The molecular weight excluding hydrogens is 382 g/mol. The van der Waals surface area contributed by atoms with Gasteiger partial charge in [-0.15, -0.1) is 0 Å². The molecule has 1 aliphatic rings. The highest BCUT2D eigenvalue weighted by atomic mass is 16.5. The second-order valence-electron chi connectivity index (χ2n) is 7.06. The minimum absolute atomic E-state index is 0.240. The van der Waals surface area contributed by atoms with Crippen molar-refractivity contribution in [1.82, 2.24) is 18.7 Å². The van der Waals surface area contributed by atoms with Crippen molar-refractivity contribution in [1.29, 1.82) is 0 Å². The van der Waals surface area contributed by atoms with E-state index in [2.05, 4.69) is 4.98 Å². The van der Waals surface area contributed by atoms with E-state index in [-0.39, 0.29) is 17.8 Å². The van der Waals surface area contributed by atoms with E-state index in [4.69, 9.17) is 4.74 Å². The van der Waals surface area contributed by atoms with Crippen molar-refractivity contribution in [3.8, 4) is 5.75 Å². The number of fused-ring (bicyclic) bond motifs is 3. The molecule has 4 rings (SSSR count). The minimum atomic E-state index is -0.371. The molecule has 0 fully saturated rings. The first-order chi connectivity index (χ1) is 14.6. The van der Waals surface area contributed by atoms with Gasteiger partial charge in [0, 0.05) is 26.7 Å². The van der Waals surface area contributed by atoms with Crippen LogP contribution in [0.2, 0.25) is 0 Å². The summed E-state index contributed by atoms with van der Waals surface area (Å²) in [5, 5.41) is 0. The van der Waals surface area contributed by atoms with Gasteiger partial charge in [-0.05, 0) is 26.0 Å². The van der Waals surface area contributed by atoms with Crippen molar-refractivity contribution in [2.45, 2.75) is 26.9 Å². The number of ether oxygens (including phenoxy) is 1. The minimum Gasteiger partial charge on any atom is -0.487 e. The lowest BCUT2D eigenvalue weighted by atomic mass is 10.2. The van der Waals surface area contributed by atoms with Crippen LogP contribution in [-0.2, 0) is 20.1 Å². The van der Waals surface area contributed by atoms with Crippen LogP contribution in [0.15, 0.2) is 58.2 Å². The van der Waals surface area contributed by atoms with Crippen LogP contribution < -0.4 is 20.9 Å². The highest BCUT2D eigenvalue weighted by molar-refractivity contribution is 5.79. The van der Waals surface area contributed by atoms with Gasteiger partial charge in [0.15, 0.2) is 11.2 Å². The number of hydrogen-bond donors (Lipinski definition) is 0. The topological polar surface area (TPSA) is 74.3 Å². The Kier molecular flexibility index (Phi) is 5.31. The van der Waals surface area contributed by atoms with E-state index in [9.17, 15) is 9.59 Å². The van der Waals surface area contributed by atoms with Crippen molar-refractivity contribution in [2.24, 2.45) is 7.05 Å². The molecule has 2 aromatic heterocycles. The Hall–Kier alpha value is -3.55. The Morgan fingerprint density at radius 3 is 2.63 bits per heavy atom. The van der Waals surface area contributed by atoms with Gasteiger partial charge in [0.25, 0.3) is 5.56 Å². The molecule has 0 amide bonds. The van der Waals surface area contributed by atoms with Crippen molar-refractivity contribution >= 4 is 22.8 Å². The van der Waals surface area contributed by atoms with E-state index in [1.165, 1.54) is 9.13 Å². The number of nitrogens with zero attached hydrogens (tertiary/aromatic N) is 5. The Labute approximate surface area is 173 Å². The number of hydrogen-bond acceptors (Lipinski definition) is 5. The number of aromatic nitrogens is 4. The molecule has 1 aromatic carbocycles. The third-order valence-corrected chi connectivity index (χ3v) is 5.25. The maximum absolute atomic E-state index is 13.1. The van der Waals surface area contributed by atoms with Gasteiger partial charge in [0.05, 0.1) is 5.69 Å². The van der Waals surface area contributed by atoms with E-state index < -0.39 is 0 Å². The third-order valence-electron chi connectivity index (χ3n) is 5.25. The molecule has 3 aromatic rings. The molecule has 156 valence electrons. The van der Waals surface area contributed by atoms with Crippen molar-refractivity contribution in [2.75, 3.05) is 18.1 Å². The molecule has 0 saturated heterocycles. The van der Waals surface area contributed by atoms with E-state index in [1.807, 2.05) is 65.8 Å². The van der Waals surface area contributed by atoms with Crippen LogP contribution in [0.25, 0.3) is 11.2 Å². The first-order valence-corrected chi connectivity index (χ1v) is 10.00. The van der Waals surface area contributed by atoms with Gasteiger partial charge in [0.1, 0.15) is 12.4 Å². The maximum atomic E-state index is 13.1. The largest absolute Gasteiger partial charge is 0.487 e. The molecule has 0 unspecified atom stereocenters. The Morgan fingerprint density at radius 2 is 1.87 bits per heavy atom. The van der Waals surface area contributed by atoms with Crippen molar-refractivity contribution in [3.63, 3.8) is 0 Å². The number of rotatable bonds is 6. The van der Waals surface area contributed by atoms with E-state index >= 15 is 0 Å². The fourth-order valence-electron chi connectivity index (χ4n) is 3.71. The van der Waals surface area contributed by atoms with Crippen molar-refractivity contribution in [3.05, 3.63) is 69.4 Å². The predicted molar refractivity (Wildman–Crippen MR) is 118 cm³/mol. The molecule has 8 nitrogen and oxygen atoms in total. The maximum Gasteiger partial charge on any atom is 0.332 e. The fraction of sp³-hybridized carbons (Fsp3) is 0.318. The monoisotopic (exact) mass is 407 g/mol. The van der Waals surface area contributed by atoms with Gasteiger partial charge >= 0.3 is 5.69 Å². The molecule has 0 spiro atoms. The predicted octanol–water partition coefficient (Wildman–Crippen LogP) is 2.58. The number of para-hydroxylation sites is 2. The fourth-order valence-corrected chi connectivity index (χ4v) is 3.71. The molecular formula is C22H25N5O3. The van der Waals surface area contributed by atoms with Crippen LogP contribution in [0, 0.1) is 0 Å². The number of aryl methyl sites for hydroxylation is 1. The number of benzene rings is 1. The highest BCUT2D eigenvalue weighted by Crippen LogP contribution is 2.37. The number of imidazole rings is 1. The number of anilines is 2. The summed E-state index contributed by atoms with van der Waals surface area (Å²) in [5.41, 5.74) is 1.05. The van der Waals surface area contributed by atoms with E-state index in [1.54, 1.807) is 13.1 Å². The van der Waals surface area contributed by atoms with Crippen LogP contribution in [0.1, 0.15) is 13.8 Å². The van der Waals surface area contributed by atoms with E-state index in [0.717, 1.165) is 11.4 Å². The Morgan fingerprint density at radius 1 is 1.10 bits per heavy atom. The second kappa shape index (κ2) is 8.06. The molecule has 30 heavy (non-hydrogen) atoms. The van der Waals surface area contributed by atoms with Gasteiger partial charge in [-0.3, -0.25) is 13.9 Å². The standard InChI is InChI=1S/C22H25N5O3/c1-4-6-12-27-20(28)18-19(24(3)22(27)29)23-21-25(13-14-26(18)21)16-10-8-9-11-17(16)30-15-7-5-2/h4-11H,12-15H2,1-3H3/b6-4-,7-5-. The molecule has 0 aliphatic carbocycles. The third kappa shape index (κ3) is 3.14. The molecule has 0 bridgehead atoms. The first-order valence-electron chi connectivity index (χ1n) is 10.00. The Bertz CT molecular complexity index is 1260. The summed E-state index contributed by atoms with van der Waals surface area (Å²) in [6, 6.07) is 7.77. The smallest absolute Gasteiger partial charge is 0.332 e. The van der Waals surface area contributed by atoms with E-state index in [0.29, 0.717) is 36.8 Å². The van der Waals surface area contributed by atoms with Crippen LogP contribution in [0.3, 0.4) is 0 Å². The summed E-state index contributed by atoms with van der Waals surface area (Å²) in [5.74, 6) is 1.39. The average molecular weight is 407 g/mol. The molecule has 8 heteroatoms. The average Bonchev–Trinajstić information content (AvgIpc) is 3.32. The van der Waals surface area contributed by atoms with Crippen LogP contribution in [-0.4, -0.2) is 31.8 Å². The SMILES string of the molecule is C/C=C\COc1ccccc1N1CCn2c1nc1c2c(=O)n(C/C=C\C)c(=O)n1C. The lowest BCUT2D eigenvalue weighted by Gasteiger charge is -2.19. The van der Waals surface area contributed by atoms with Gasteiger partial charge < -0.3 is 14.2 Å². The summed E-state index contributed by atoms with van der Waals surface area (Å²) < 4.78 is 10.5. The summed E-state index contributed by atoms with van der Waals surface area (Å²) >= 11 is 0. The van der Waals surface area contributed by atoms with Crippen molar-refractivity contribution < 1.29 is 4.74 Å². The summed E-state index contributed by atoms with van der Waals surface area (Å²) in [6.45, 7) is 5.79. The van der Waals surface area contributed by atoms with Crippen LogP contribution >= 0.6 is 0 Å². The quantitative estimate of drug-likeness (QED) is 0.587. The summed E-state index contributed by atoms with van der Waals surface area (Å²) in [6.07, 6.45) is 7.50. The zero-order valence-electron chi connectivity index (χ0n) is 17.4. The zero-order valence-corrected chi connectivity index (χ0v) is 17.4. The molecule has 1 aliphatic heterocycles. The number of allylic oxidation sites excluding steroid dienone is 3. The van der Waals surface area contributed by atoms with Crippen LogP contribution in [0.5, 0.6) is 5.75 Å². The molecule has 0 radical (unpaired) electrons. The summed E-state index contributed by atoms with van der Waals surface area (Å²) in [4.78, 5) is 32.5. The lowest BCUT2D eigenvalue weighted by molar-refractivity contribution is 0.363. The lowest BCUT2D eigenvalue weighted by Crippen LogP contribution is -2.39. The molecule has 0 saturated carbocycles. The van der Waals surface area contributed by atoms with Gasteiger partial charge in [-0.25, -0.2) is 4.79 Å². The normalized spacial score (nSPS) is 13.8. The highest BCUT2D eigenvalue weighted by Gasteiger charge is 2.29. The van der Waals surface area contributed by atoms with Gasteiger partial charge in [-0.2, -0.15) is 4.98 Å². The summed E-state index contributed by atoms with van der Waals surface area (Å²) in [7, 11) is 1.65.